The summed E-state index contributed by atoms with van der Waals surface area (Å²) in [5.41, 5.74) is 17.7. The van der Waals surface area contributed by atoms with Crippen LogP contribution in [-0.2, 0) is 0 Å². The first-order valence-electron chi connectivity index (χ1n) is 16.6. The molecule has 0 amide bonds. The number of hydrogen-bond donors (Lipinski definition) is 0. The highest BCUT2D eigenvalue weighted by atomic mass is 14.5. The molecule has 0 aliphatic heterocycles. The van der Waals surface area contributed by atoms with Gasteiger partial charge in [-0.25, -0.2) is 0 Å². The van der Waals surface area contributed by atoms with Crippen LogP contribution in [-0.4, -0.2) is 0 Å². The summed E-state index contributed by atoms with van der Waals surface area (Å²) in [6, 6.07) is 0. The monoisotopic (exact) mass is 546 g/mol. The van der Waals surface area contributed by atoms with Crippen molar-refractivity contribution in [2.45, 2.75) is 70.6 Å². The van der Waals surface area contributed by atoms with Gasteiger partial charge < -0.3 is 0 Å². The molecule has 0 fully saturated rings. The molecule has 8 rings (SSSR count). The Morgan fingerprint density at radius 1 is 0.500 bits per heavy atom. The number of rotatable bonds is 4. The maximum absolute atomic E-state index is 2.56. The van der Waals surface area contributed by atoms with Crippen molar-refractivity contribution in [3.8, 4) is 0 Å². The maximum Gasteiger partial charge on any atom is 0.0211 e. The van der Waals surface area contributed by atoms with E-state index in [0.717, 1.165) is 44.9 Å². The fraction of sp³-hybridized carbons (Fsp3) is 0.333. The molecule has 42 heavy (non-hydrogen) atoms. The summed E-state index contributed by atoms with van der Waals surface area (Å²) in [5.74, 6) is 1.15. The topological polar surface area (TPSA) is 0 Å². The third kappa shape index (κ3) is 4.34. The second-order valence-corrected chi connectivity index (χ2v) is 12.9. The van der Waals surface area contributed by atoms with Crippen molar-refractivity contribution < 1.29 is 0 Å². The Morgan fingerprint density at radius 2 is 1.14 bits per heavy atom. The van der Waals surface area contributed by atoms with Crippen LogP contribution in [0, 0.1) is 17.8 Å². The zero-order valence-electron chi connectivity index (χ0n) is 24.8. The second kappa shape index (κ2) is 11.2. The summed E-state index contributed by atoms with van der Waals surface area (Å²) in [4.78, 5) is 0. The Labute approximate surface area is 252 Å². The average Bonchev–Trinajstić information content (AvgIpc) is 3.09. The van der Waals surface area contributed by atoms with Crippen molar-refractivity contribution in [2.24, 2.45) is 17.8 Å². The molecule has 3 atom stereocenters. The molecule has 0 spiro atoms. The molecule has 0 saturated carbocycles. The molecule has 8 aliphatic carbocycles. The van der Waals surface area contributed by atoms with Crippen LogP contribution in [0.4, 0.5) is 0 Å². The maximum atomic E-state index is 2.56. The van der Waals surface area contributed by atoms with E-state index < -0.39 is 0 Å². The highest BCUT2D eigenvalue weighted by Gasteiger charge is 2.47. The highest BCUT2D eigenvalue weighted by molar-refractivity contribution is 5.74. The minimum absolute atomic E-state index is 0.371. The minimum Gasteiger partial charge on any atom is -0.0842 e. The van der Waals surface area contributed by atoms with Gasteiger partial charge in [-0.3, -0.25) is 0 Å². The van der Waals surface area contributed by atoms with E-state index >= 15 is 0 Å². The molecular formula is C42H42. The van der Waals surface area contributed by atoms with Crippen molar-refractivity contribution >= 4 is 0 Å². The van der Waals surface area contributed by atoms with Crippen molar-refractivity contribution in [3.63, 3.8) is 0 Å². The summed E-state index contributed by atoms with van der Waals surface area (Å²) in [6.45, 7) is 0. The van der Waals surface area contributed by atoms with E-state index in [0.29, 0.717) is 17.8 Å². The Bertz CT molecular complexity index is 1630. The van der Waals surface area contributed by atoms with Crippen LogP contribution in [0.15, 0.2) is 165 Å². The lowest BCUT2D eigenvalue weighted by atomic mass is 9.54. The van der Waals surface area contributed by atoms with Gasteiger partial charge in [0.25, 0.3) is 0 Å². The molecule has 0 bridgehead atoms. The van der Waals surface area contributed by atoms with Gasteiger partial charge in [-0.15, -0.1) is 0 Å². The predicted molar refractivity (Wildman–Crippen MR) is 178 cm³/mol. The Hall–Kier alpha value is -3.64. The molecule has 210 valence electrons. The summed E-state index contributed by atoms with van der Waals surface area (Å²) in [7, 11) is 0. The van der Waals surface area contributed by atoms with Gasteiger partial charge in [0.15, 0.2) is 0 Å². The van der Waals surface area contributed by atoms with Crippen molar-refractivity contribution in [2.75, 3.05) is 0 Å². The number of fused-ring (bicyclic) bond motifs is 4. The van der Waals surface area contributed by atoms with E-state index in [4.69, 9.17) is 0 Å². The fourth-order valence-corrected chi connectivity index (χ4v) is 8.88. The molecule has 3 unspecified atom stereocenters. The molecule has 0 radical (unpaired) electrons. The molecule has 0 heterocycles. The van der Waals surface area contributed by atoms with Crippen molar-refractivity contribution in [1.82, 2.24) is 0 Å². The molecule has 0 nitrogen and oxygen atoms in total. The van der Waals surface area contributed by atoms with E-state index in [-0.39, 0.29) is 0 Å². The molecule has 0 aromatic rings. The molecule has 0 aromatic heterocycles. The zero-order chi connectivity index (χ0) is 27.9. The second-order valence-electron chi connectivity index (χ2n) is 12.9. The van der Waals surface area contributed by atoms with Gasteiger partial charge in [-0.1, -0.05) is 103 Å². The lowest BCUT2D eigenvalue weighted by molar-refractivity contribution is 0.510. The third-order valence-electron chi connectivity index (χ3n) is 10.6. The highest BCUT2D eigenvalue weighted by Crippen LogP contribution is 2.60. The first-order chi connectivity index (χ1) is 20.9. The molecule has 0 aromatic carbocycles. The lowest BCUT2D eigenvalue weighted by Gasteiger charge is -2.49. The molecule has 8 aliphatic rings. The Kier molecular flexibility index (Phi) is 6.95. The average molecular weight is 547 g/mol. The van der Waals surface area contributed by atoms with Crippen LogP contribution in [0.25, 0.3) is 0 Å². The fourth-order valence-electron chi connectivity index (χ4n) is 8.88. The smallest absolute Gasteiger partial charge is 0.0211 e. The van der Waals surface area contributed by atoms with Crippen LogP contribution >= 0.6 is 0 Å². The quantitative estimate of drug-likeness (QED) is 0.329. The zero-order valence-corrected chi connectivity index (χ0v) is 24.8. The van der Waals surface area contributed by atoms with Gasteiger partial charge in [0.05, 0.1) is 0 Å². The summed E-state index contributed by atoms with van der Waals surface area (Å²) in [5, 5.41) is 0. The standard InChI is InChI=1S/C42H42/c1-5-17-29(18-6-1)37-38(30-19-7-2-8-20-30)40(32-23-11-4-12-24-32)42-36-28-16-14-26-34(36)33-25-13-15-27-35(33)41(42)39(37)31-21-9-3-10-22-31/h1,3-7,9,11,15-17,19-21,23,27-29,41-42H,2,8,10,12-14,18,22,24-26H2. The number of hydrogen-bond acceptors (Lipinski definition) is 0. The first-order valence-corrected chi connectivity index (χ1v) is 16.6. The van der Waals surface area contributed by atoms with E-state index in [1.807, 2.05) is 0 Å². The minimum atomic E-state index is 0.371. The number of allylic oxidation sites excluding steroid dienone is 28. The first kappa shape index (κ1) is 26.0. The van der Waals surface area contributed by atoms with Gasteiger partial charge in [0.1, 0.15) is 0 Å². The van der Waals surface area contributed by atoms with Crippen LogP contribution in [0.5, 0.6) is 0 Å². The Morgan fingerprint density at radius 3 is 1.74 bits per heavy atom. The van der Waals surface area contributed by atoms with Crippen LogP contribution < -0.4 is 0 Å². The van der Waals surface area contributed by atoms with Gasteiger partial charge >= 0.3 is 0 Å². The predicted octanol–water partition coefficient (Wildman–Crippen LogP) is 11.1. The van der Waals surface area contributed by atoms with Crippen LogP contribution in [0.3, 0.4) is 0 Å². The molecule has 0 N–H and O–H groups in total. The van der Waals surface area contributed by atoms with Gasteiger partial charge in [-0.2, -0.15) is 0 Å². The molecule has 0 saturated heterocycles. The van der Waals surface area contributed by atoms with E-state index in [1.165, 1.54) is 31.3 Å². The summed E-state index contributed by atoms with van der Waals surface area (Å²) >= 11 is 0. The summed E-state index contributed by atoms with van der Waals surface area (Å²) in [6.07, 6.45) is 54.0. The van der Waals surface area contributed by atoms with E-state index in [1.54, 1.807) is 55.7 Å². The molecular weight excluding hydrogens is 504 g/mol. The largest absolute Gasteiger partial charge is 0.0842 e. The molecule has 0 heteroatoms. The van der Waals surface area contributed by atoms with Gasteiger partial charge in [0.2, 0.25) is 0 Å². The SMILES string of the molecule is C1=CCCC(C2=C(C3=CCCC=C3)C(C3C=CC=CC3)=C(C3=CC=CCC3)C3C4=C(CCC=C4)C4=C(C=CCC4)C23)=C1. The lowest BCUT2D eigenvalue weighted by Crippen LogP contribution is -2.36. The summed E-state index contributed by atoms with van der Waals surface area (Å²) < 4.78 is 0. The van der Waals surface area contributed by atoms with E-state index in [9.17, 15) is 0 Å². The van der Waals surface area contributed by atoms with Gasteiger partial charge in [0, 0.05) is 17.8 Å². The van der Waals surface area contributed by atoms with Crippen molar-refractivity contribution in [3.05, 3.63) is 165 Å². The van der Waals surface area contributed by atoms with E-state index in [2.05, 4.69) is 103 Å². The third-order valence-corrected chi connectivity index (χ3v) is 10.6. The Balaban J connectivity index is 1.51. The normalized spacial score (nSPS) is 29.9. The van der Waals surface area contributed by atoms with Crippen molar-refractivity contribution in [1.29, 1.82) is 0 Å². The van der Waals surface area contributed by atoms with Gasteiger partial charge in [-0.05, 0) is 132 Å². The van der Waals surface area contributed by atoms with Crippen LogP contribution in [0.1, 0.15) is 70.6 Å². The van der Waals surface area contributed by atoms with Crippen LogP contribution in [0.2, 0.25) is 0 Å².